The molecule has 108 valence electrons. The Hall–Kier alpha value is -0.530. The molecule has 3 fully saturated rings. The van der Waals surface area contributed by atoms with E-state index in [4.69, 9.17) is 23.7 Å². The van der Waals surface area contributed by atoms with E-state index in [2.05, 4.69) is 0 Å². The van der Waals surface area contributed by atoms with Crippen LogP contribution in [-0.4, -0.2) is 56.0 Å². The van der Waals surface area contributed by atoms with E-state index < -0.39 is 17.7 Å². The van der Waals surface area contributed by atoms with Crippen LogP contribution in [0.1, 0.15) is 26.7 Å². The molecule has 3 rings (SSSR count). The molecular weight excluding hydrogens is 252 g/mol. The van der Waals surface area contributed by atoms with Crippen molar-refractivity contribution in [3.8, 4) is 0 Å². The van der Waals surface area contributed by atoms with Gasteiger partial charge in [-0.3, -0.25) is 4.79 Å². The zero-order chi connectivity index (χ0) is 13.5. The maximum Gasteiger partial charge on any atom is 0.256 e. The van der Waals surface area contributed by atoms with Crippen LogP contribution in [0.25, 0.3) is 0 Å². The van der Waals surface area contributed by atoms with Crippen molar-refractivity contribution in [2.45, 2.75) is 50.5 Å². The van der Waals surface area contributed by atoms with E-state index in [0.29, 0.717) is 32.7 Å². The predicted molar refractivity (Wildman–Crippen MR) is 63.5 cm³/mol. The Bertz CT molecular complexity index is 358. The summed E-state index contributed by atoms with van der Waals surface area (Å²) in [6.07, 6.45) is 0.446. The standard InChI is InChI=1S/C13H20O6/c1-3-12(4-2)18-9-7-17-13(8-15-5-6-16-13)11(14)10(9)19-12/h9-10H,3-8H2,1-2H3/t9-,10-,13-/m1/s1. The highest BCUT2D eigenvalue weighted by molar-refractivity contribution is 5.91. The number of hydrogen-bond acceptors (Lipinski definition) is 6. The SMILES string of the molecule is CCC1(CC)O[C@@H]2CO[C@]3(COCCO3)C(=O)[C@@H]2O1. The Morgan fingerprint density at radius 3 is 2.58 bits per heavy atom. The third-order valence-corrected chi connectivity index (χ3v) is 4.09. The van der Waals surface area contributed by atoms with Crippen LogP contribution in [-0.2, 0) is 28.5 Å². The highest BCUT2D eigenvalue weighted by Gasteiger charge is 2.59. The smallest absolute Gasteiger partial charge is 0.256 e. The summed E-state index contributed by atoms with van der Waals surface area (Å²) in [6, 6.07) is 0. The summed E-state index contributed by atoms with van der Waals surface area (Å²) in [5, 5.41) is 0. The van der Waals surface area contributed by atoms with Crippen molar-refractivity contribution >= 4 is 5.78 Å². The first kappa shape index (κ1) is 13.5. The lowest BCUT2D eigenvalue weighted by molar-refractivity contribution is -0.294. The second kappa shape index (κ2) is 4.79. The number of ether oxygens (including phenoxy) is 5. The van der Waals surface area contributed by atoms with Gasteiger partial charge >= 0.3 is 0 Å². The van der Waals surface area contributed by atoms with E-state index >= 15 is 0 Å². The molecule has 6 nitrogen and oxygen atoms in total. The second-order valence-corrected chi connectivity index (χ2v) is 5.14. The quantitative estimate of drug-likeness (QED) is 0.734. The molecule has 0 amide bonds. The van der Waals surface area contributed by atoms with Gasteiger partial charge in [-0.05, 0) is 12.8 Å². The topological polar surface area (TPSA) is 63.2 Å². The van der Waals surface area contributed by atoms with E-state index in [1.807, 2.05) is 13.8 Å². The molecule has 0 saturated carbocycles. The summed E-state index contributed by atoms with van der Waals surface area (Å²) in [6.45, 7) is 5.24. The molecule has 6 heteroatoms. The van der Waals surface area contributed by atoms with Crippen LogP contribution >= 0.6 is 0 Å². The van der Waals surface area contributed by atoms with Crippen molar-refractivity contribution < 1.29 is 28.5 Å². The number of carbonyl (C=O) groups excluding carboxylic acids is 1. The molecule has 19 heavy (non-hydrogen) atoms. The van der Waals surface area contributed by atoms with Gasteiger partial charge in [-0.25, -0.2) is 0 Å². The minimum Gasteiger partial charge on any atom is -0.373 e. The molecule has 0 bridgehead atoms. The van der Waals surface area contributed by atoms with E-state index in [1.54, 1.807) is 0 Å². The number of fused-ring (bicyclic) bond motifs is 1. The number of ketones is 1. The molecule has 0 unspecified atom stereocenters. The first-order chi connectivity index (χ1) is 9.15. The van der Waals surface area contributed by atoms with Crippen molar-refractivity contribution in [1.82, 2.24) is 0 Å². The van der Waals surface area contributed by atoms with E-state index in [-0.39, 0.29) is 18.5 Å². The summed E-state index contributed by atoms with van der Waals surface area (Å²) >= 11 is 0. The van der Waals surface area contributed by atoms with E-state index in [0.717, 1.165) is 0 Å². The summed E-state index contributed by atoms with van der Waals surface area (Å²) < 4.78 is 28.3. The molecule has 3 saturated heterocycles. The Labute approximate surface area is 112 Å². The van der Waals surface area contributed by atoms with Crippen LogP contribution in [0.15, 0.2) is 0 Å². The van der Waals surface area contributed by atoms with Crippen molar-refractivity contribution in [1.29, 1.82) is 0 Å². The lowest BCUT2D eigenvalue weighted by atomic mass is 9.99. The van der Waals surface area contributed by atoms with Crippen molar-refractivity contribution in [3.05, 3.63) is 0 Å². The van der Waals surface area contributed by atoms with Gasteiger partial charge in [0.2, 0.25) is 5.78 Å². The molecule has 0 aromatic rings. The van der Waals surface area contributed by atoms with Crippen LogP contribution in [0.5, 0.6) is 0 Å². The summed E-state index contributed by atoms with van der Waals surface area (Å²) in [7, 11) is 0. The zero-order valence-corrected chi connectivity index (χ0v) is 11.3. The lowest BCUT2D eigenvalue weighted by Gasteiger charge is -2.40. The Morgan fingerprint density at radius 2 is 1.95 bits per heavy atom. The third-order valence-electron chi connectivity index (χ3n) is 4.09. The van der Waals surface area contributed by atoms with Crippen LogP contribution in [0.3, 0.4) is 0 Å². The largest absolute Gasteiger partial charge is 0.373 e. The molecule has 0 aliphatic carbocycles. The fourth-order valence-electron chi connectivity index (χ4n) is 2.84. The molecule has 3 aliphatic rings. The number of carbonyl (C=O) groups is 1. The number of rotatable bonds is 2. The molecule has 0 aromatic carbocycles. The maximum absolute atomic E-state index is 12.6. The number of hydrogen-bond donors (Lipinski definition) is 0. The fraction of sp³-hybridized carbons (Fsp3) is 0.923. The van der Waals surface area contributed by atoms with Gasteiger partial charge in [-0.1, -0.05) is 13.8 Å². The van der Waals surface area contributed by atoms with Gasteiger partial charge < -0.3 is 23.7 Å². The van der Waals surface area contributed by atoms with Gasteiger partial charge in [0.15, 0.2) is 11.9 Å². The molecule has 3 atom stereocenters. The molecule has 0 N–H and O–H groups in total. The Morgan fingerprint density at radius 1 is 1.16 bits per heavy atom. The first-order valence-corrected chi connectivity index (χ1v) is 6.90. The van der Waals surface area contributed by atoms with E-state index in [1.165, 1.54) is 0 Å². The summed E-state index contributed by atoms with van der Waals surface area (Å²) in [4.78, 5) is 12.6. The van der Waals surface area contributed by atoms with Gasteiger partial charge in [0.25, 0.3) is 5.79 Å². The second-order valence-electron chi connectivity index (χ2n) is 5.14. The first-order valence-electron chi connectivity index (χ1n) is 6.90. The monoisotopic (exact) mass is 272 g/mol. The summed E-state index contributed by atoms with van der Waals surface area (Å²) in [5.74, 6) is -2.18. The van der Waals surface area contributed by atoms with Crippen LogP contribution in [0.4, 0.5) is 0 Å². The predicted octanol–water partition coefficient (Wildman–Crippen LogP) is 0.629. The Kier molecular flexibility index (Phi) is 3.39. The van der Waals surface area contributed by atoms with Crippen LogP contribution < -0.4 is 0 Å². The van der Waals surface area contributed by atoms with E-state index in [9.17, 15) is 4.79 Å². The average Bonchev–Trinajstić information content (AvgIpc) is 2.85. The molecule has 1 spiro atoms. The van der Waals surface area contributed by atoms with Crippen LogP contribution in [0, 0.1) is 0 Å². The van der Waals surface area contributed by atoms with Crippen molar-refractivity contribution in [2.24, 2.45) is 0 Å². The normalized spacial score (nSPS) is 41.5. The molecule has 0 aromatic heterocycles. The molecule has 3 aliphatic heterocycles. The van der Waals surface area contributed by atoms with Crippen LogP contribution in [0.2, 0.25) is 0 Å². The maximum atomic E-state index is 12.6. The third kappa shape index (κ3) is 2.02. The fourth-order valence-corrected chi connectivity index (χ4v) is 2.84. The van der Waals surface area contributed by atoms with Crippen molar-refractivity contribution in [3.63, 3.8) is 0 Å². The van der Waals surface area contributed by atoms with Gasteiger partial charge in [0.05, 0.1) is 19.8 Å². The minimum absolute atomic E-state index is 0.129. The highest BCUT2D eigenvalue weighted by atomic mass is 16.8. The average molecular weight is 272 g/mol. The van der Waals surface area contributed by atoms with Crippen molar-refractivity contribution in [2.75, 3.05) is 26.4 Å². The zero-order valence-electron chi connectivity index (χ0n) is 11.3. The molecule has 3 heterocycles. The Balaban J connectivity index is 1.80. The lowest BCUT2D eigenvalue weighted by Crippen LogP contribution is -2.62. The van der Waals surface area contributed by atoms with Gasteiger partial charge in [-0.2, -0.15) is 0 Å². The molecular formula is C13H20O6. The van der Waals surface area contributed by atoms with Gasteiger partial charge in [0, 0.05) is 0 Å². The number of Topliss-reactive ketones (excluding diaryl/α,β-unsaturated/α-hetero) is 1. The van der Waals surface area contributed by atoms with Gasteiger partial charge in [0.1, 0.15) is 12.7 Å². The minimum atomic E-state index is -1.29. The van der Waals surface area contributed by atoms with Gasteiger partial charge in [-0.15, -0.1) is 0 Å². The molecule has 0 radical (unpaired) electrons. The summed E-state index contributed by atoms with van der Waals surface area (Å²) in [5.41, 5.74) is 0. The highest BCUT2D eigenvalue weighted by Crippen LogP contribution is 2.40.